The predicted octanol–water partition coefficient (Wildman–Crippen LogP) is 3.72. The van der Waals surface area contributed by atoms with Crippen LogP contribution in [0.25, 0.3) is 0 Å². The summed E-state index contributed by atoms with van der Waals surface area (Å²) >= 11 is 6.18. The second-order valence-electron chi connectivity index (χ2n) is 5.47. The Balaban J connectivity index is 2.82. The summed E-state index contributed by atoms with van der Waals surface area (Å²) in [5.41, 5.74) is 0.921. The molecule has 0 aliphatic heterocycles. The summed E-state index contributed by atoms with van der Waals surface area (Å²) < 4.78 is 0. The van der Waals surface area contributed by atoms with Crippen LogP contribution in [-0.4, -0.2) is 24.6 Å². The fourth-order valence-electron chi connectivity index (χ4n) is 2.10. The van der Waals surface area contributed by atoms with Gasteiger partial charge in [-0.3, -0.25) is 0 Å². The van der Waals surface area contributed by atoms with Gasteiger partial charge >= 0.3 is 0 Å². The fourth-order valence-corrected chi connectivity index (χ4v) is 2.27. The van der Waals surface area contributed by atoms with Crippen LogP contribution in [0.1, 0.15) is 39.8 Å². The molecule has 0 fully saturated rings. The lowest BCUT2D eigenvalue weighted by Crippen LogP contribution is -2.31. The number of pyridine rings is 1. The van der Waals surface area contributed by atoms with E-state index in [9.17, 15) is 0 Å². The van der Waals surface area contributed by atoms with Gasteiger partial charge in [0.25, 0.3) is 0 Å². The van der Waals surface area contributed by atoms with Crippen LogP contribution in [0.3, 0.4) is 0 Å². The number of halogens is 1. The van der Waals surface area contributed by atoms with E-state index >= 15 is 0 Å². The molecule has 0 saturated carbocycles. The van der Waals surface area contributed by atoms with E-state index in [4.69, 9.17) is 11.6 Å². The Morgan fingerprint density at radius 3 is 2.58 bits per heavy atom. The highest BCUT2D eigenvalue weighted by Gasteiger charge is 2.14. The van der Waals surface area contributed by atoms with Crippen molar-refractivity contribution in [2.24, 2.45) is 5.92 Å². The quantitative estimate of drug-likeness (QED) is 0.827. The first-order valence-corrected chi connectivity index (χ1v) is 7.42. The number of nitrogens with zero attached hydrogens (tertiary/aromatic N) is 2. The topological polar surface area (TPSA) is 28.2 Å². The van der Waals surface area contributed by atoms with Gasteiger partial charge in [0.2, 0.25) is 0 Å². The molecular weight excluding hydrogens is 258 g/mol. The van der Waals surface area contributed by atoms with Crippen molar-refractivity contribution in [2.45, 2.75) is 46.7 Å². The number of nitrogens with one attached hydrogen (secondary N) is 1. The van der Waals surface area contributed by atoms with Gasteiger partial charge in [-0.15, -0.1) is 0 Å². The standard InChI is InChI=1S/C15H26ClN3/c1-6-17-10-14-13(16)7-8-15(18-14)19(5)12(4)9-11(2)3/h7-8,11-12,17H,6,9-10H2,1-5H3. The monoisotopic (exact) mass is 283 g/mol. The van der Waals surface area contributed by atoms with E-state index in [1.54, 1.807) is 0 Å². The van der Waals surface area contributed by atoms with Gasteiger partial charge in [0.1, 0.15) is 5.82 Å². The Morgan fingerprint density at radius 2 is 2.00 bits per heavy atom. The van der Waals surface area contributed by atoms with Crippen LogP contribution in [-0.2, 0) is 6.54 Å². The maximum absolute atomic E-state index is 6.18. The van der Waals surface area contributed by atoms with Crippen molar-refractivity contribution in [1.82, 2.24) is 10.3 Å². The molecule has 0 aliphatic carbocycles. The van der Waals surface area contributed by atoms with Crippen LogP contribution >= 0.6 is 11.6 Å². The number of hydrogen-bond donors (Lipinski definition) is 1. The smallest absolute Gasteiger partial charge is 0.128 e. The van der Waals surface area contributed by atoms with Gasteiger partial charge in [0, 0.05) is 19.6 Å². The molecule has 1 heterocycles. The predicted molar refractivity (Wildman–Crippen MR) is 83.9 cm³/mol. The molecule has 1 atom stereocenters. The van der Waals surface area contributed by atoms with Crippen molar-refractivity contribution in [2.75, 3.05) is 18.5 Å². The van der Waals surface area contributed by atoms with Gasteiger partial charge in [-0.2, -0.15) is 0 Å². The normalized spacial score (nSPS) is 12.8. The lowest BCUT2D eigenvalue weighted by molar-refractivity contribution is 0.501. The van der Waals surface area contributed by atoms with Crippen LogP contribution in [0, 0.1) is 5.92 Å². The number of anilines is 1. The summed E-state index contributed by atoms with van der Waals surface area (Å²) in [5, 5.41) is 4.00. The molecule has 19 heavy (non-hydrogen) atoms. The molecule has 4 heteroatoms. The van der Waals surface area contributed by atoms with Crippen molar-refractivity contribution in [1.29, 1.82) is 0 Å². The van der Waals surface area contributed by atoms with Crippen molar-refractivity contribution < 1.29 is 0 Å². The molecule has 1 aromatic heterocycles. The van der Waals surface area contributed by atoms with Crippen molar-refractivity contribution in [3.05, 3.63) is 22.8 Å². The van der Waals surface area contributed by atoms with Gasteiger partial charge < -0.3 is 10.2 Å². The lowest BCUT2D eigenvalue weighted by Gasteiger charge is -2.27. The minimum absolute atomic E-state index is 0.473. The van der Waals surface area contributed by atoms with Crippen LogP contribution in [0.5, 0.6) is 0 Å². The zero-order valence-electron chi connectivity index (χ0n) is 12.7. The summed E-state index contributed by atoms with van der Waals surface area (Å²) in [6, 6.07) is 4.41. The third-order valence-corrected chi connectivity index (χ3v) is 3.63. The van der Waals surface area contributed by atoms with Crippen molar-refractivity contribution in [3.8, 4) is 0 Å². The summed E-state index contributed by atoms with van der Waals surface area (Å²) in [6.07, 6.45) is 1.16. The molecule has 0 radical (unpaired) electrons. The molecule has 1 N–H and O–H groups in total. The SMILES string of the molecule is CCNCc1nc(N(C)C(C)CC(C)C)ccc1Cl. The van der Waals surface area contributed by atoms with E-state index < -0.39 is 0 Å². The Bertz CT molecular complexity index is 393. The maximum Gasteiger partial charge on any atom is 0.128 e. The highest BCUT2D eigenvalue weighted by atomic mass is 35.5. The molecule has 0 aliphatic rings. The fraction of sp³-hybridized carbons (Fsp3) is 0.667. The van der Waals surface area contributed by atoms with Crippen molar-refractivity contribution >= 4 is 17.4 Å². The van der Waals surface area contributed by atoms with E-state index in [0.29, 0.717) is 12.0 Å². The molecule has 1 unspecified atom stereocenters. The zero-order chi connectivity index (χ0) is 14.4. The largest absolute Gasteiger partial charge is 0.357 e. The Labute approximate surface area is 122 Å². The Hall–Kier alpha value is -0.800. The van der Waals surface area contributed by atoms with E-state index in [0.717, 1.165) is 36.0 Å². The van der Waals surface area contributed by atoms with Gasteiger partial charge in [0.15, 0.2) is 0 Å². The Kier molecular flexibility index (Phi) is 6.59. The number of aromatic nitrogens is 1. The number of rotatable bonds is 7. The van der Waals surface area contributed by atoms with E-state index in [-0.39, 0.29) is 0 Å². The number of hydrogen-bond acceptors (Lipinski definition) is 3. The van der Waals surface area contributed by atoms with E-state index in [1.807, 2.05) is 12.1 Å². The molecule has 0 amide bonds. The summed E-state index contributed by atoms with van der Waals surface area (Å²) in [4.78, 5) is 6.90. The summed E-state index contributed by atoms with van der Waals surface area (Å²) in [6.45, 7) is 10.4. The molecule has 0 bridgehead atoms. The average molecular weight is 284 g/mol. The zero-order valence-corrected chi connectivity index (χ0v) is 13.5. The van der Waals surface area contributed by atoms with Gasteiger partial charge in [-0.05, 0) is 37.9 Å². The molecule has 1 rings (SSSR count). The first kappa shape index (κ1) is 16.3. The molecule has 3 nitrogen and oxygen atoms in total. The van der Waals surface area contributed by atoms with E-state index in [2.05, 4.69) is 49.9 Å². The Morgan fingerprint density at radius 1 is 1.32 bits per heavy atom. The molecule has 0 saturated heterocycles. The summed E-state index contributed by atoms with van der Waals surface area (Å²) in [5.74, 6) is 1.68. The third kappa shape index (κ3) is 5.00. The third-order valence-electron chi connectivity index (χ3n) is 3.28. The lowest BCUT2D eigenvalue weighted by atomic mass is 10.0. The first-order valence-electron chi connectivity index (χ1n) is 7.04. The minimum atomic E-state index is 0.473. The van der Waals surface area contributed by atoms with Gasteiger partial charge in [-0.25, -0.2) is 4.98 Å². The maximum atomic E-state index is 6.18. The van der Waals surface area contributed by atoms with Gasteiger partial charge in [0.05, 0.1) is 10.7 Å². The van der Waals surface area contributed by atoms with Crippen molar-refractivity contribution in [3.63, 3.8) is 0 Å². The average Bonchev–Trinajstić information content (AvgIpc) is 2.36. The highest BCUT2D eigenvalue weighted by Crippen LogP contribution is 2.21. The van der Waals surface area contributed by atoms with Crippen LogP contribution in [0.2, 0.25) is 5.02 Å². The summed E-state index contributed by atoms with van der Waals surface area (Å²) in [7, 11) is 2.10. The van der Waals surface area contributed by atoms with E-state index in [1.165, 1.54) is 0 Å². The molecule has 0 aromatic carbocycles. The molecule has 1 aromatic rings. The second kappa shape index (κ2) is 7.71. The molecule has 108 valence electrons. The highest BCUT2D eigenvalue weighted by molar-refractivity contribution is 6.31. The van der Waals surface area contributed by atoms with Gasteiger partial charge in [-0.1, -0.05) is 32.4 Å². The molecule has 0 spiro atoms. The van der Waals surface area contributed by atoms with Crippen LogP contribution < -0.4 is 10.2 Å². The first-order chi connectivity index (χ1) is 8.95. The molecular formula is C15H26ClN3. The van der Waals surface area contributed by atoms with Crippen LogP contribution in [0.4, 0.5) is 5.82 Å². The van der Waals surface area contributed by atoms with Crippen LogP contribution in [0.15, 0.2) is 12.1 Å². The minimum Gasteiger partial charge on any atom is -0.357 e. The second-order valence-corrected chi connectivity index (χ2v) is 5.87.